The first-order chi connectivity index (χ1) is 6.99. The average molecular weight is 229 g/mol. The van der Waals surface area contributed by atoms with Crippen LogP contribution in [0.3, 0.4) is 0 Å². The molecule has 0 amide bonds. The molecule has 0 atom stereocenters. The summed E-state index contributed by atoms with van der Waals surface area (Å²) in [5.74, 6) is -1.87. The first-order valence-electron chi connectivity index (χ1n) is 4.43. The van der Waals surface area contributed by atoms with Gasteiger partial charge >= 0.3 is 5.97 Å². The van der Waals surface area contributed by atoms with Gasteiger partial charge in [0.05, 0.1) is 10.4 Å². The third-order valence-electron chi connectivity index (χ3n) is 2.78. The molecule has 1 aromatic rings. The molecule has 0 aliphatic heterocycles. The molecule has 2 rings (SSSR count). The van der Waals surface area contributed by atoms with Crippen molar-refractivity contribution in [1.82, 2.24) is 0 Å². The van der Waals surface area contributed by atoms with Crippen molar-refractivity contribution in [3.63, 3.8) is 0 Å². The number of aliphatic carboxylic acids is 1. The molecular weight excluding hydrogens is 220 g/mol. The van der Waals surface area contributed by atoms with Gasteiger partial charge in [-0.05, 0) is 18.9 Å². The van der Waals surface area contributed by atoms with E-state index in [2.05, 4.69) is 0 Å². The Morgan fingerprint density at radius 1 is 1.27 bits per heavy atom. The van der Waals surface area contributed by atoms with E-state index in [9.17, 15) is 15.0 Å². The zero-order valence-electron chi connectivity index (χ0n) is 7.70. The summed E-state index contributed by atoms with van der Waals surface area (Å²) in [6.45, 7) is 0. The fourth-order valence-corrected chi connectivity index (χ4v) is 1.82. The summed E-state index contributed by atoms with van der Waals surface area (Å²) in [6.07, 6.45) is 0.938. The number of aromatic hydroxyl groups is 2. The molecule has 0 saturated heterocycles. The smallest absolute Gasteiger partial charge is 0.314 e. The van der Waals surface area contributed by atoms with Crippen molar-refractivity contribution in [3.8, 4) is 11.5 Å². The molecular formula is C10H9ClO4. The number of carboxylic acid groups (broad SMARTS) is 1. The molecule has 0 bridgehead atoms. The maximum absolute atomic E-state index is 11.0. The van der Waals surface area contributed by atoms with Crippen molar-refractivity contribution in [1.29, 1.82) is 0 Å². The highest BCUT2D eigenvalue weighted by atomic mass is 35.5. The lowest BCUT2D eigenvalue weighted by atomic mass is 9.95. The van der Waals surface area contributed by atoms with Crippen molar-refractivity contribution in [3.05, 3.63) is 22.7 Å². The number of phenols is 2. The lowest BCUT2D eigenvalue weighted by molar-refractivity contribution is -0.140. The Hall–Kier alpha value is -1.42. The molecule has 1 saturated carbocycles. The fraction of sp³-hybridized carbons (Fsp3) is 0.300. The highest BCUT2D eigenvalue weighted by Gasteiger charge is 2.53. The van der Waals surface area contributed by atoms with E-state index < -0.39 is 22.9 Å². The maximum Gasteiger partial charge on any atom is 0.314 e. The number of phenolic OH excluding ortho intramolecular Hbond substituents is 2. The maximum atomic E-state index is 11.0. The Labute approximate surface area is 90.7 Å². The Kier molecular flexibility index (Phi) is 2.04. The van der Waals surface area contributed by atoms with Crippen LogP contribution < -0.4 is 0 Å². The van der Waals surface area contributed by atoms with Gasteiger partial charge in [-0.3, -0.25) is 4.79 Å². The van der Waals surface area contributed by atoms with Gasteiger partial charge in [-0.1, -0.05) is 17.7 Å². The van der Waals surface area contributed by atoms with Gasteiger partial charge < -0.3 is 15.3 Å². The van der Waals surface area contributed by atoms with Crippen LogP contribution in [-0.2, 0) is 10.2 Å². The minimum atomic E-state index is -1.04. The number of hydrogen-bond donors (Lipinski definition) is 3. The standard InChI is InChI=1S/C10H9ClO4/c11-6-2-1-5(7(12)8(6)13)10(3-4-10)9(14)15/h1-2,12-13H,3-4H2,(H,14,15). The average Bonchev–Trinajstić information content (AvgIpc) is 2.95. The van der Waals surface area contributed by atoms with E-state index in [1.807, 2.05) is 0 Å². The van der Waals surface area contributed by atoms with Crippen molar-refractivity contribution in [2.45, 2.75) is 18.3 Å². The van der Waals surface area contributed by atoms with Gasteiger partial charge in [0.15, 0.2) is 11.5 Å². The molecule has 1 aromatic carbocycles. The van der Waals surface area contributed by atoms with Crippen LogP contribution in [-0.4, -0.2) is 21.3 Å². The lowest BCUT2D eigenvalue weighted by Gasteiger charge is -2.13. The van der Waals surface area contributed by atoms with E-state index in [0.717, 1.165) is 0 Å². The molecule has 0 aromatic heterocycles. The topological polar surface area (TPSA) is 77.8 Å². The summed E-state index contributed by atoms with van der Waals surface area (Å²) in [5.41, 5.74) is -0.802. The number of hydrogen-bond acceptors (Lipinski definition) is 3. The summed E-state index contributed by atoms with van der Waals surface area (Å²) >= 11 is 5.58. The second kappa shape index (κ2) is 3.03. The Bertz CT molecular complexity index is 437. The van der Waals surface area contributed by atoms with E-state index in [4.69, 9.17) is 16.7 Å². The number of benzene rings is 1. The van der Waals surface area contributed by atoms with Crippen molar-refractivity contribution in [2.24, 2.45) is 0 Å². The number of halogens is 1. The second-order valence-electron chi connectivity index (χ2n) is 3.68. The van der Waals surface area contributed by atoms with Gasteiger partial charge in [0.2, 0.25) is 0 Å². The molecule has 3 N–H and O–H groups in total. The molecule has 0 unspecified atom stereocenters. The normalized spacial score (nSPS) is 17.4. The van der Waals surface area contributed by atoms with Gasteiger partial charge in [-0.25, -0.2) is 0 Å². The predicted molar refractivity (Wildman–Crippen MR) is 53.3 cm³/mol. The molecule has 80 valence electrons. The summed E-state index contributed by atoms with van der Waals surface area (Å²) in [5, 5.41) is 28.0. The number of rotatable bonds is 2. The molecule has 1 aliphatic carbocycles. The molecule has 4 nitrogen and oxygen atoms in total. The van der Waals surface area contributed by atoms with Gasteiger partial charge in [0.1, 0.15) is 0 Å². The van der Waals surface area contributed by atoms with Crippen LogP contribution >= 0.6 is 11.6 Å². The monoisotopic (exact) mass is 228 g/mol. The van der Waals surface area contributed by atoms with Crippen molar-refractivity contribution < 1.29 is 20.1 Å². The summed E-state index contributed by atoms with van der Waals surface area (Å²) in [7, 11) is 0. The highest BCUT2D eigenvalue weighted by molar-refractivity contribution is 6.32. The minimum absolute atomic E-state index is 0.0115. The van der Waals surface area contributed by atoms with E-state index in [0.29, 0.717) is 12.8 Å². The van der Waals surface area contributed by atoms with Crippen molar-refractivity contribution >= 4 is 17.6 Å². The highest BCUT2D eigenvalue weighted by Crippen LogP contribution is 2.53. The van der Waals surface area contributed by atoms with E-state index in [1.165, 1.54) is 12.1 Å². The zero-order valence-corrected chi connectivity index (χ0v) is 8.45. The Morgan fingerprint density at radius 2 is 1.87 bits per heavy atom. The number of carbonyl (C=O) groups is 1. The molecule has 0 radical (unpaired) electrons. The SMILES string of the molecule is O=C(O)C1(c2ccc(Cl)c(O)c2O)CC1. The quantitative estimate of drug-likeness (QED) is 0.676. The molecule has 15 heavy (non-hydrogen) atoms. The van der Waals surface area contributed by atoms with E-state index in [-0.39, 0.29) is 10.6 Å². The van der Waals surface area contributed by atoms with Crippen LogP contribution in [0.15, 0.2) is 12.1 Å². The van der Waals surface area contributed by atoms with Crippen LogP contribution in [0.25, 0.3) is 0 Å². The van der Waals surface area contributed by atoms with Crippen molar-refractivity contribution in [2.75, 3.05) is 0 Å². The van der Waals surface area contributed by atoms with Gasteiger partial charge in [-0.15, -0.1) is 0 Å². The summed E-state index contributed by atoms with van der Waals surface area (Å²) in [6, 6.07) is 2.83. The zero-order chi connectivity index (χ0) is 11.2. The summed E-state index contributed by atoms with van der Waals surface area (Å²) < 4.78 is 0. The molecule has 1 fully saturated rings. The lowest BCUT2D eigenvalue weighted by Crippen LogP contribution is -2.19. The Balaban J connectivity index is 2.55. The second-order valence-corrected chi connectivity index (χ2v) is 4.09. The Morgan fingerprint density at radius 3 is 2.33 bits per heavy atom. The molecule has 5 heteroatoms. The molecule has 0 heterocycles. The van der Waals surface area contributed by atoms with Gasteiger partial charge in [0.25, 0.3) is 0 Å². The first kappa shape index (κ1) is 10.1. The largest absolute Gasteiger partial charge is 0.504 e. The van der Waals surface area contributed by atoms with E-state index in [1.54, 1.807) is 0 Å². The van der Waals surface area contributed by atoms with Crippen LogP contribution in [0.2, 0.25) is 5.02 Å². The van der Waals surface area contributed by atoms with Crippen LogP contribution in [0.1, 0.15) is 18.4 Å². The van der Waals surface area contributed by atoms with Gasteiger partial charge in [0, 0.05) is 5.56 Å². The minimum Gasteiger partial charge on any atom is -0.504 e. The fourth-order valence-electron chi connectivity index (χ4n) is 1.66. The van der Waals surface area contributed by atoms with E-state index >= 15 is 0 Å². The predicted octanol–water partition coefficient (Wildman–Crippen LogP) is 1.87. The first-order valence-corrected chi connectivity index (χ1v) is 4.81. The van der Waals surface area contributed by atoms with Crippen LogP contribution in [0, 0.1) is 0 Å². The molecule has 0 spiro atoms. The van der Waals surface area contributed by atoms with Crippen LogP contribution in [0.4, 0.5) is 0 Å². The third kappa shape index (κ3) is 1.33. The van der Waals surface area contributed by atoms with Gasteiger partial charge in [-0.2, -0.15) is 0 Å². The van der Waals surface area contributed by atoms with Crippen LogP contribution in [0.5, 0.6) is 11.5 Å². The molecule has 1 aliphatic rings. The third-order valence-corrected chi connectivity index (χ3v) is 3.08. The summed E-state index contributed by atoms with van der Waals surface area (Å²) in [4.78, 5) is 11.0. The number of carboxylic acids is 1.